The molecular formula is C29H29FN2OS. The number of carbonyl (C=O) groups is 1. The summed E-state index contributed by atoms with van der Waals surface area (Å²) in [5.41, 5.74) is 2.38. The zero-order valence-electron chi connectivity index (χ0n) is 20.4. The minimum absolute atomic E-state index is 0.0606. The first-order valence-corrected chi connectivity index (χ1v) is 12.2. The number of rotatable bonds is 3. The number of hydrogen-bond acceptors (Lipinski definition) is 4. The highest BCUT2D eigenvalue weighted by molar-refractivity contribution is 7.20. The van der Waals surface area contributed by atoms with E-state index >= 15 is 0 Å². The van der Waals surface area contributed by atoms with Gasteiger partial charge in [0.15, 0.2) is 11.6 Å². The van der Waals surface area contributed by atoms with Crippen LogP contribution in [0.4, 0.5) is 10.1 Å². The van der Waals surface area contributed by atoms with Gasteiger partial charge in [0, 0.05) is 21.4 Å². The first kappa shape index (κ1) is 24.0. The lowest BCUT2D eigenvalue weighted by Crippen LogP contribution is -2.28. The second-order valence-corrected chi connectivity index (χ2v) is 11.6. The van der Waals surface area contributed by atoms with E-state index in [4.69, 9.17) is 0 Å². The van der Waals surface area contributed by atoms with Crippen molar-refractivity contribution in [1.82, 2.24) is 0 Å². The number of Topliss-reactive ketones (excluding diaryl/α,β-unsaturated/α-hetero) is 1. The van der Waals surface area contributed by atoms with Gasteiger partial charge in [-0.1, -0.05) is 71.9 Å². The zero-order valence-corrected chi connectivity index (χ0v) is 21.3. The average Bonchev–Trinajstić information content (AvgIpc) is 3.18. The van der Waals surface area contributed by atoms with Crippen molar-refractivity contribution in [1.29, 1.82) is 0 Å². The monoisotopic (exact) mass is 472 g/mol. The molecule has 174 valence electrons. The molecule has 0 amide bonds. The van der Waals surface area contributed by atoms with Gasteiger partial charge in [-0.3, -0.25) is 4.79 Å². The fraction of sp³-hybridized carbons (Fsp3) is 0.276. The molecule has 3 nitrogen and oxygen atoms in total. The molecule has 0 N–H and O–H groups in total. The largest absolute Gasteiger partial charge is 0.289 e. The number of halogens is 1. The van der Waals surface area contributed by atoms with E-state index < -0.39 is 5.82 Å². The second-order valence-electron chi connectivity index (χ2n) is 10.5. The van der Waals surface area contributed by atoms with Gasteiger partial charge >= 0.3 is 0 Å². The topological polar surface area (TPSA) is 41.8 Å². The Morgan fingerprint density at radius 2 is 1.44 bits per heavy atom. The van der Waals surface area contributed by atoms with Gasteiger partial charge in [-0.15, -0.1) is 21.6 Å². The van der Waals surface area contributed by atoms with Crippen LogP contribution in [0.15, 0.2) is 93.7 Å². The summed E-state index contributed by atoms with van der Waals surface area (Å²) < 4.78 is 15.4. The molecule has 1 heterocycles. The maximum Gasteiger partial charge on any atom is 0.186 e. The highest BCUT2D eigenvalue weighted by atomic mass is 32.1. The van der Waals surface area contributed by atoms with Crippen LogP contribution < -0.4 is 0 Å². The third kappa shape index (κ3) is 4.85. The van der Waals surface area contributed by atoms with E-state index in [-0.39, 0.29) is 22.3 Å². The van der Waals surface area contributed by atoms with Crippen LogP contribution >= 0.6 is 11.3 Å². The molecule has 1 aromatic heterocycles. The summed E-state index contributed by atoms with van der Waals surface area (Å²) in [4.78, 5) is 14.3. The fourth-order valence-electron chi connectivity index (χ4n) is 3.86. The Hall–Kier alpha value is -3.18. The van der Waals surface area contributed by atoms with Crippen LogP contribution in [0.2, 0.25) is 0 Å². The van der Waals surface area contributed by atoms with E-state index in [1.807, 2.05) is 65.8 Å². The minimum Gasteiger partial charge on any atom is -0.289 e. The zero-order chi connectivity index (χ0) is 24.7. The standard InChI is InChI=1S/C29H29FN2OS/c1-28(2,3)20-15-19(16-21(27(20)33)29(4,5)6)26(32-31-23-13-9-8-12-22(23)30)25-17-18-11-7-10-14-24(18)34-25/h7-17H,1-6H3. The molecular weight excluding hydrogens is 443 g/mol. The Morgan fingerprint density at radius 3 is 2.03 bits per heavy atom. The van der Waals surface area contributed by atoms with Crippen LogP contribution in [-0.4, -0.2) is 5.78 Å². The first-order chi connectivity index (χ1) is 15.9. The van der Waals surface area contributed by atoms with Crippen LogP contribution in [-0.2, 0) is 4.79 Å². The maximum atomic E-state index is 14.3. The van der Waals surface area contributed by atoms with Gasteiger partial charge < -0.3 is 0 Å². The van der Waals surface area contributed by atoms with E-state index in [1.165, 1.54) is 6.07 Å². The van der Waals surface area contributed by atoms with Crippen molar-refractivity contribution in [3.8, 4) is 0 Å². The molecule has 0 spiro atoms. The number of hydrogen-bond donors (Lipinski definition) is 0. The Morgan fingerprint density at radius 1 is 0.853 bits per heavy atom. The molecule has 0 radical (unpaired) electrons. The summed E-state index contributed by atoms with van der Waals surface area (Å²) in [6.07, 6.45) is 3.86. The summed E-state index contributed by atoms with van der Waals surface area (Å²) in [6, 6.07) is 16.5. The number of allylic oxidation sites excluding steroid dienone is 5. The molecule has 5 heteroatoms. The van der Waals surface area contributed by atoms with E-state index in [0.29, 0.717) is 5.70 Å². The molecule has 1 aliphatic carbocycles. The SMILES string of the molecule is CC(C)(C)C1=CC(=C(N=Nc2ccccc2F)c2cc3ccccc3s2)C=C(C(C)(C)C)C1=O. The van der Waals surface area contributed by atoms with E-state index in [9.17, 15) is 9.18 Å². The molecule has 3 aromatic rings. The maximum absolute atomic E-state index is 14.3. The molecule has 0 aliphatic heterocycles. The van der Waals surface area contributed by atoms with Gasteiger partial charge in [0.1, 0.15) is 11.4 Å². The lowest BCUT2D eigenvalue weighted by atomic mass is 9.71. The first-order valence-electron chi connectivity index (χ1n) is 11.3. The molecule has 0 saturated heterocycles. The van der Waals surface area contributed by atoms with E-state index in [0.717, 1.165) is 31.7 Å². The van der Waals surface area contributed by atoms with Crippen molar-refractivity contribution >= 4 is 38.6 Å². The fourth-order valence-corrected chi connectivity index (χ4v) is 4.93. The van der Waals surface area contributed by atoms with Gasteiger partial charge in [-0.25, -0.2) is 4.39 Å². The number of benzene rings is 2. The van der Waals surface area contributed by atoms with Crippen LogP contribution in [0.5, 0.6) is 0 Å². The van der Waals surface area contributed by atoms with Gasteiger partial charge in [0.25, 0.3) is 0 Å². The number of ketones is 1. The quantitative estimate of drug-likeness (QED) is 0.351. The Bertz CT molecular complexity index is 1320. The molecule has 0 unspecified atom stereocenters. The predicted molar refractivity (Wildman–Crippen MR) is 140 cm³/mol. The number of carbonyl (C=O) groups excluding carboxylic acids is 1. The summed E-state index contributed by atoms with van der Waals surface area (Å²) in [5, 5.41) is 9.96. The molecule has 0 bridgehead atoms. The lowest BCUT2D eigenvalue weighted by Gasteiger charge is -2.31. The van der Waals surface area contributed by atoms with Crippen molar-refractivity contribution in [2.75, 3.05) is 0 Å². The van der Waals surface area contributed by atoms with Gasteiger partial charge in [0.05, 0.1) is 4.88 Å². The predicted octanol–water partition coefficient (Wildman–Crippen LogP) is 9.06. The Balaban J connectivity index is 2.01. The van der Waals surface area contributed by atoms with Crippen molar-refractivity contribution in [2.45, 2.75) is 41.5 Å². The molecule has 2 aromatic carbocycles. The lowest BCUT2D eigenvalue weighted by molar-refractivity contribution is -0.114. The van der Waals surface area contributed by atoms with Crippen molar-refractivity contribution < 1.29 is 9.18 Å². The van der Waals surface area contributed by atoms with E-state index in [1.54, 1.807) is 29.5 Å². The van der Waals surface area contributed by atoms with Crippen LogP contribution in [0.25, 0.3) is 15.8 Å². The highest BCUT2D eigenvalue weighted by Gasteiger charge is 2.34. The molecule has 34 heavy (non-hydrogen) atoms. The Kier molecular flexibility index (Phi) is 6.26. The molecule has 0 fully saturated rings. The highest BCUT2D eigenvalue weighted by Crippen LogP contribution is 2.42. The van der Waals surface area contributed by atoms with Crippen LogP contribution in [0.1, 0.15) is 46.4 Å². The summed E-state index contributed by atoms with van der Waals surface area (Å²) in [7, 11) is 0. The van der Waals surface area contributed by atoms with Crippen molar-refractivity contribution in [2.24, 2.45) is 21.1 Å². The average molecular weight is 473 g/mol. The smallest absolute Gasteiger partial charge is 0.186 e. The van der Waals surface area contributed by atoms with Crippen LogP contribution in [0.3, 0.4) is 0 Å². The van der Waals surface area contributed by atoms with Gasteiger partial charge in [-0.2, -0.15) is 0 Å². The third-order valence-corrected chi connectivity index (χ3v) is 6.87. The summed E-state index contributed by atoms with van der Waals surface area (Å²) >= 11 is 1.61. The molecule has 1 aliphatic rings. The van der Waals surface area contributed by atoms with E-state index in [2.05, 4.69) is 28.4 Å². The number of nitrogens with zero attached hydrogens (tertiary/aromatic N) is 2. The van der Waals surface area contributed by atoms with Crippen molar-refractivity contribution in [3.63, 3.8) is 0 Å². The normalized spacial score (nSPS) is 15.1. The minimum atomic E-state index is -0.428. The summed E-state index contributed by atoms with van der Waals surface area (Å²) in [6.45, 7) is 12.2. The number of azo groups is 1. The second kappa shape index (κ2) is 8.88. The van der Waals surface area contributed by atoms with Gasteiger partial charge in [-0.05, 0) is 52.6 Å². The number of thiophene rings is 1. The van der Waals surface area contributed by atoms with Crippen LogP contribution in [0, 0.1) is 16.6 Å². The van der Waals surface area contributed by atoms with Crippen molar-refractivity contribution in [3.05, 3.63) is 94.2 Å². The molecule has 4 rings (SSSR count). The summed E-state index contributed by atoms with van der Waals surface area (Å²) in [5.74, 6) is -0.368. The third-order valence-electron chi connectivity index (χ3n) is 5.75. The number of fused-ring (bicyclic) bond motifs is 1. The Labute approximate surface area is 204 Å². The van der Waals surface area contributed by atoms with Gasteiger partial charge in [0.2, 0.25) is 0 Å². The molecule has 0 atom stereocenters. The molecule has 0 saturated carbocycles.